The molecule has 5 nitrogen and oxygen atoms in total. The van der Waals surface area contributed by atoms with Crippen molar-refractivity contribution in [3.05, 3.63) is 24.5 Å². The first-order chi connectivity index (χ1) is 12.3. The van der Waals surface area contributed by atoms with Crippen LogP contribution in [0.4, 0.5) is 5.82 Å². The first kappa shape index (κ1) is 17.9. The third kappa shape index (κ3) is 5.56. The lowest BCUT2D eigenvalue weighted by atomic mass is 10.1. The van der Waals surface area contributed by atoms with Crippen LogP contribution in [0.2, 0.25) is 0 Å². The minimum absolute atomic E-state index is 0.515. The van der Waals surface area contributed by atoms with E-state index in [1.165, 1.54) is 70.9 Å². The topological polar surface area (TPSA) is 64.3 Å². The van der Waals surface area contributed by atoms with Gasteiger partial charge in [-0.2, -0.15) is 0 Å². The van der Waals surface area contributed by atoms with Crippen molar-refractivity contribution >= 4 is 16.7 Å². The Bertz CT molecular complexity index is 655. The average molecular weight is 342 g/mol. The van der Waals surface area contributed by atoms with E-state index in [4.69, 9.17) is 10.5 Å². The lowest BCUT2D eigenvalue weighted by molar-refractivity contribution is 0.223. The van der Waals surface area contributed by atoms with Gasteiger partial charge in [0.05, 0.1) is 12.1 Å². The summed E-state index contributed by atoms with van der Waals surface area (Å²) in [5.74, 6) is 1.37. The zero-order valence-corrected chi connectivity index (χ0v) is 15.1. The number of likely N-dealkylation sites (tertiary alicyclic amines) is 1. The lowest BCUT2D eigenvalue weighted by Gasteiger charge is -2.26. The molecule has 1 fully saturated rings. The Balaban J connectivity index is 1.27. The van der Waals surface area contributed by atoms with Crippen LogP contribution in [0.15, 0.2) is 24.5 Å². The number of nitrogens with two attached hydrogens (primary N) is 1. The van der Waals surface area contributed by atoms with Crippen LogP contribution in [-0.2, 0) is 0 Å². The van der Waals surface area contributed by atoms with Crippen LogP contribution in [0.25, 0.3) is 10.9 Å². The predicted molar refractivity (Wildman–Crippen MR) is 103 cm³/mol. The number of nitrogen functional groups attached to an aromatic ring is 1. The van der Waals surface area contributed by atoms with Crippen LogP contribution >= 0.6 is 0 Å². The Morgan fingerprint density at radius 2 is 1.76 bits per heavy atom. The third-order valence-corrected chi connectivity index (χ3v) is 4.97. The molecule has 0 saturated carbocycles. The van der Waals surface area contributed by atoms with E-state index in [-0.39, 0.29) is 0 Å². The van der Waals surface area contributed by atoms with Crippen LogP contribution < -0.4 is 10.5 Å². The van der Waals surface area contributed by atoms with Gasteiger partial charge in [-0.1, -0.05) is 25.7 Å². The minimum atomic E-state index is 0.515. The number of piperidine rings is 1. The van der Waals surface area contributed by atoms with Crippen molar-refractivity contribution in [2.24, 2.45) is 0 Å². The number of benzene rings is 1. The molecule has 136 valence electrons. The van der Waals surface area contributed by atoms with Gasteiger partial charge in [0, 0.05) is 11.5 Å². The standard InChI is InChI=1S/C20H30N4O/c21-20-18-10-9-17(15-19(18)22-16-23-20)25-14-8-3-1-2-5-11-24-12-6-4-7-13-24/h9-10,15-16H,1-8,11-14H2,(H2,21,22,23). The molecule has 0 atom stereocenters. The third-order valence-electron chi connectivity index (χ3n) is 4.97. The number of unbranched alkanes of at least 4 members (excludes halogenated alkanes) is 4. The first-order valence-corrected chi connectivity index (χ1v) is 9.68. The van der Waals surface area contributed by atoms with Crippen molar-refractivity contribution in [2.75, 3.05) is 32.0 Å². The molecule has 2 heterocycles. The van der Waals surface area contributed by atoms with Gasteiger partial charge in [-0.05, 0) is 57.5 Å². The number of ether oxygens (including phenoxy) is 1. The second-order valence-corrected chi connectivity index (χ2v) is 6.96. The van der Waals surface area contributed by atoms with Crippen molar-refractivity contribution in [2.45, 2.75) is 51.4 Å². The van der Waals surface area contributed by atoms with Crippen molar-refractivity contribution in [3.63, 3.8) is 0 Å². The van der Waals surface area contributed by atoms with Gasteiger partial charge in [0.25, 0.3) is 0 Å². The van der Waals surface area contributed by atoms with Crippen LogP contribution in [-0.4, -0.2) is 41.1 Å². The average Bonchev–Trinajstić information content (AvgIpc) is 2.65. The Labute approximate surface area is 150 Å². The van der Waals surface area contributed by atoms with E-state index in [0.29, 0.717) is 5.82 Å². The number of aromatic nitrogens is 2. The van der Waals surface area contributed by atoms with E-state index < -0.39 is 0 Å². The second kappa shape index (κ2) is 9.56. The van der Waals surface area contributed by atoms with Crippen molar-refractivity contribution in [3.8, 4) is 5.75 Å². The molecule has 3 rings (SSSR count). The summed E-state index contributed by atoms with van der Waals surface area (Å²) in [6.45, 7) is 4.68. The quantitative estimate of drug-likeness (QED) is 0.697. The molecule has 1 aromatic carbocycles. The summed E-state index contributed by atoms with van der Waals surface area (Å²) in [5, 5.41) is 0.878. The summed E-state index contributed by atoms with van der Waals surface area (Å²) >= 11 is 0. The maximum atomic E-state index is 5.85. The van der Waals surface area contributed by atoms with Gasteiger partial charge >= 0.3 is 0 Å². The molecule has 0 unspecified atom stereocenters. The summed E-state index contributed by atoms with van der Waals surface area (Å²) in [4.78, 5) is 10.9. The number of nitrogens with zero attached hydrogens (tertiary/aromatic N) is 3. The maximum absolute atomic E-state index is 5.85. The molecule has 0 bridgehead atoms. The fourth-order valence-corrected chi connectivity index (χ4v) is 3.49. The van der Waals surface area contributed by atoms with E-state index in [2.05, 4.69) is 14.9 Å². The van der Waals surface area contributed by atoms with Crippen LogP contribution in [0.1, 0.15) is 51.4 Å². The zero-order valence-electron chi connectivity index (χ0n) is 15.1. The highest BCUT2D eigenvalue weighted by atomic mass is 16.5. The summed E-state index contributed by atoms with van der Waals surface area (Å²) in [6.07, 6.45) is 12.0. The highest BCUT2D eigenvalue weighted by Gasteiger charge is 2.08. The molecular formula is C20H30N4O. The highest BCUT2D eigenvalue weighted by Crippen LogP contribution is 2.22. The molecule has 1 aromatic heterocycles. The molecule has 25 heavy (non-hydrogen) atoms. The molecule has 1 aliphatic heterocycles. The van der Waals surface area contributed by atoms with Gasteiger partial charge in [-0.3, -0.25) is 0 Å². The smallest absolute Gasteiger partial charge is 0.134 e. The fourth-order valence-electron chi connectivity index (χ4n) is 3.49. The van der Waals surface area contributed by atoms with Gasteiger partial charge in [0.1, 0.15) is 17.9 Å². The van der Waals surface area contributed by atoms with Gasteiger partial charge in [0.2, 0.25) is 0 Å². The van der Waals surface area contributed by atoms with Crippen molar-refractivity contribution < 1.29 is 4.74 Å². The molecule has 1 saturated heterocycles. The summed E-state index contributed by atoms with van der Waals surface area (Å²) in [6, 6.07) is 5.81. The fraction of sp³-hybridized carbons (Fsp3) is 0.600. The highest BCUT2D eigenvalue weighted by molar-refractivity contribution is 5.88. The molecule has 5 heteroatoms. The summed E-state index contributed by atoms with van der Waals surface area (Å²) < 4.78 is 5.85. The number of hydrogen-bond acceptors (Lipinski definition) is 5. The number of rotatable bonds is 9. The number of fused-ring (bicyclic) bond motifs is 1. The van der Waals surface area contributed by atoms with E-state index >= 15 is 0 Å². The van der Waals surface area contributed by atoms with E-state index in [9.17, 15) is 0 Å². The number of hydrogen-bond donors (Lipinski definition) is 1. The van der Waals surface area contributed by atoms with Crippen molar-refractivity contribution in [1.82, 2.24) is 14.9 Å². The summed E-state index contributed by atoms with van der Waals surface area (Å²) in [7, 11) is 0. The molecule has 0 spiro atoms. The Kier molecular flexibility index (Phi) is 6.86. The van der Waals surface area contributed by atoms with Crippen LogP contribution in [0.5, 0.6) is 5.75 Å². The molecule has 0 radical (unpaired) electrons. The van der Waals surface area contributed by atoms with Gasteiger partial charge < -0.3 is 15.4 Å². The molecule has 2 N–H and O–H groups in total. The van der Waals surface area contributed by atoms with Gasteiger partial charge in [-0.15, -0.1) is 0 Å². The Morgan fingerprint density at radius 1 is 0.960 bits per heavy atom. The number of anilines is 1. The molecule has 2 aromatic rings. The molecule has 0 aliphatic carbocycles. The molecule has 0 amide bonds. The van der Waals surface area contributed by atoms with Crippen molar-refractivity contribution in [1.29, 1.82) is 0 Å². The largest absolute Gasteiger partial charge is 0.494 e. The lowest BCUT2D eigenvalue weighted by Crippen LogP contribution is -2.30. The summed E-state index contributed by atoms with van der Waals surface area (Å²) in [5.41, 5.74) is 6.67. The first-order valence-electron chi connectivity index (χ1n) is 9.68. The minimum Gasteiger partial charge on any atom is -0.494 e. The van der Waals surface area contributed by atoms with E-state index in [0.717, 1.165) is 29.7 Å². The van der Waals surface area contributed by atoms with Crippen LogP contribution in [0, 0.1) is 0 Å². The van der Waals surface area contributed by atoms with Gasteiger partial charge in [0.15, 0.2) is 0 Å². The zero-order chi connectivity index (χ0) is 17.3. The van der Waals surface area contributed by atoms with Gasteiger partial charge in [-0.25, -0.2) is 9.97 Å². The molecule has 1 aliphatic rings. The van der Waals surface area contributed by atoms with Crippen LogP contribution in [0.3, 0.4) is 0 Å². The van der Waals surface area contributed by atoms with E-state index in [1.807, 2.05) is 18.2 Å². The Hall–Kier alpha value is -1.88. The molecular weight excluding hydrogens is 312 g/mol. The predicted octanol–water partition coefficient (Wildman–Crippen LogP) is 4.03. The SMILES string of the molecule is Nc1ncnc2cc(OCCCCCCCN3CCCCC3)ccc12. The monoisotopic (exact) mass is 342 g/mol. The Morgan fingerprint density at radius 3 is 2.64 bits per heavy atom. The second-order valence-electron chi connectivity index (χ2n) is 6.96. The van der Waals surface area contributed by atoms with E-state index in [1.54, 1.807) is 0 Å². The normalized spacial score (nSPS) is 15.5. The maximum Gasteiger partial charge on any atom is 0.134 e.